The van der Waals surface area contributed by atoms with Crippen molar-refractivity contribution in [3.63, 3.8) is 0 Å². The Bertz CT molecular complexity index is 964. The summed E-state index contributed by atoms with van der Waals surface area (Å²) in [5, 5.41) is 0. The first-order valence-corrected chi connectivity index (χ1v) is 7.69. The van der Waals surface area contributed by atoms with Crippen LogP contribution in [0.1, 0.15) is 18.5 Å². The molecule has 8 rings (SSSR count). The van der Waals surface area contributed by atoms with Crippen LogP contribution in [-0.4, -0.2) is 19.7 Å². The molecule has 0 N–H and O–H groups in total. The molecule has 21 heavy (non-hydrogen) atoms. The Hall–Kier alpha value is -1.85. The third-order valence-electron chi connectivity index (χ3n) is 7.85. The van der Waals surface area contributed by atoms with Gasteiger partial charge in [0.15, 0.2) is 5.78 Å². The Morgan fingerprint density at radius 2 is 1.71 bits per heavy atom. The van der Waals surface area contributed by atoms with Crippen molar-refractivity contribution in [2.75, 3.05) is 0 Å². The molecule has 4 fully saturated rings. The maximum absolute atomic E-state index is 12.5. The van der Waals surface area contributed by atoms with E-state index in [1.165, 1.54) is 4.57 Å². The minimum Gasteiger partial charge on any atom is -0.295 e. The quantitative estimate of drug-likeness (QED) is 0.642. The standard InChI is InChI=1S/C15H13N3O3/c1-16-12(20)17-10-7-6-8(7)11(18(17)13(16)21)15-4-5(19)2-3-14(10,15)9(6)15/h2-3,6-11H,4H2,1H3/t6-,7-,8-,9+,10-,11-,14-,15-/m0/s1. The summed E-state index contributed by atoms with van der Waals surface area (Å²) in [6, 6.07) is 0.200. The fourth-order valence-corrected chi connectivity index (χ4v) is 7.67. The monoisotopic (exact) mass is 283 g/mol. The summed E-state index contributed by atoms with van der Waals surface area (Å²) >= 11 is 0. The van der Waals surface area contributed by atoms with E-state index in [2.05, 4.69) is 6.08 Å². The van der Waals surface area contributed by atoms with E-state index in [4.69, 9.17) is 0 Å². The van der Waals surface area contributed by atoms with Crippen LogP contribution in [0.25, 0.3) is 0 Å². The van der Waals surface area contributed by atoms with Crippen LogP contribution in [0, 0.1) is 34.5 Å². The fourth-order valence-electron chi connectivity index (χ4n) is 7.67. The molecular weight excluding hydrogens is 270 g/mol. The summed E-state index contributed by atoms with van der Waals surface area (Å²) in [6.45, 7) is 0. The van der Waals surface area contributed by atoms with Crippen molar-refractivity contribution in [1.29, 1.82) is 0 Å². The number of rotatable bonds is 0. The molecule has 2 spiro atoms. The van der Waals surface area contributed by atoms with E-state index < -0.39 is 0 Å². The minimum absolute atomic E-state index is 0.00722. The van der Waals surface area contributed by atoms with Gasteiger partial charge in [0.2, 0.25) is 0 Å². The molecule has 2 aliphatic heterocycles. The summed E-state index contributed by atoms with van der Waals surface area (Å²) in [4.78, 5) is 37.0. The molecule has 0 unspecified atom stereocenters. The Kier molecular flexibility index (Phi) is 1.05. The average Bonchev–Trinajstić information content (AvgIpc) is 3.23. The molecule has 8 atom stereocenters. The van der Waals surface area contributed by atoms with Gasteiger partial charge in [-0.2, -0.15) is 0 Å². The van der Waals surface area contributed by atoms with Gasteiger partial charge in [-0.05, 0) is 29.7 Å². The molecule has 0 amide bonds. The van der Waals surface area contributed by atoms with Gasteiger partial charge in [0, 0.05) is 24.3 Å². The van der Waals surface area contributed by atoms with Gasteiger partial charge in [-0.15, -0.1) is 0 Å². The highest BCUT2D eigenvalue weighted by Gasteiger charge is 3.03. The maximum atomic E-state index is 12.5. The SMILES string of the molecule is Cn1c(=O)n2n(c1=O)[C@H]1[C@@H]3[C@@H]4[C@@H]3[C@@H]3[C@@]5(C=CC(=O)C[C@@]135)[C@H]42. The normalized spacial score (nSPS) is 58.2. The molecule has 3 heterocycles. The first kappa shape index (κ1) is 9.97. The number of carbonyl (C=O) groups is 1. The maximum Gasteiger partial charge on any atom is 0.347 e. The predicted octanol–water partition coefficient (Wildman–Crippen LogP) is -0.535. The van der Waals surface area contributed by atoms with Crippen molar-refractivity contribution < 1.29 is 4.79 Å². The molecule has 1 aromatic heterocycles. The molecule has 0 radical (unpaired) electrons. The van der Waals surface area contributed by atoms with Crippen molar-refractivity contribution in [1.82, 2.24) is 13.9 Å². The summed E-state index contributed by atoms with van der Waals surface area (Å²) in [6.07, 6.45) is 4.41. The summed E-state index contributed by atoms with van der Waals surface area (Å²) in [5.41, 5.74) is -0.407. The summed E-state index contributed by atoms with van der Waals surface area (Å²) in [5.74, 6) is 2.48. The van der Waals surface area contributed by atoms with Gasteiger partial charge < -0.3 is 0 Å². The summed E-state index contributed by atoms with van der Waals surface area (Å²) in [7, 11) is 1.56. The van der Waals surface area contributed by atoms with E-state index >= 15 is 0 Å². The van der Waals surface area contributed by atoms with E-state index in [1.807, 2.05) is 0 Å². The van der Waals surface area contributed by atoms with E-state index in [-0.39, 0.29) is 40.1 Å². The third kappa shape index (κ3) is 0.582. The molecule has 6 heteroatoms. The molecule has 7 aliphatic rings. The number of carbonyl (C=O) groups excluding carboxylic acids is 1. The second-order valence-corrected chi connectivity index (χ2v) is 7.86. The smallest absolute Gasteiger partial charge is 0.295 e. The number of ketones is 1. The molecular formula is C15H13N3O3. The number of allylic oxidation sites excluding steroid dienone is 2. The van der Waals surface area contributed by atoms with E-state index in [0.717, 1.165) is 0 Å². The molecule has 4 saturated carbocycles. The van der Waals surface area contributed by atoms with Gasteiger partial charge in [-0.1, -0.05) is 6.08 Å². The van der Waals surface area contributed by atoms with E-state index in [9.17, 15) is 14.4 Å². The lowest BCUT2D eigenvalue weighted by atomic mass is 9.67. The van der Waals surface area contributed by atoms with Crippen molar-refractivity contribution >= 4 is 5.78 Å². The van der Waals surface area contributed by atoms with Gasteiger partial charge in [-0.3, -0.25) is 4.79 Å². The Labute approximate surface area is 118 Å². The highest BCUT2D eigenvalue weighted by Crippen LogP contribution is 3.03. The lowest BCUT2D eigenvalue weighted by Crippen LogP contribution is -2.53. The molecule has 2 bridgehead atoms. The zero-order valence-electron chi connectivity index (χ0n) is 11.4. The first-order valence-electron chi connectivity index (χ1n) is 7.69. The van der Waals surface area contributed by atoms with Gasteiger partial charge >= 0.3 is 11.4 Å². The predicted molar refractivity (Wildman–Crippen MR) is 69.6 cm³/mol. The minimum atomic E-state index is -0.198. The van der Waals surface area contributed by atoms with Crippen molar-refractivity contribution in [2.24, 2.45) is 41.5 Å². The lowest BCUT2D eigenvalue weighted by molar-refractivity contribution is -0.119. The zero-order valence-corrected chi connectivity index (χ0v) is 11.4. The Morgan fingerprint density at radius 1 is 1.05 bits per heavy atom. The number of aromatic nitrogens is 3. The highest BCUT2D eigenvalue weighted by molar-refractivity contribution is 5.93. The van der Waals surface area contributed by atoms with E-state index in [0.29, 0.717) is 30.1 Å². The molecule has 6 nitrogen and oxygen atoms in total. The zero-order chi connectivity index (χ0) is 14.0. The topological polar surface area (TPSA) is 66.0 Å². The fraction of sp³-hybridized carbons (Fsp3) is 0.667. The first-order chi connectivity index (χ1) is 10.1. The lowest BCUT2D eigenvalue weighted by Gasteiger charge is -2.48. The summed E-state index contributed by atoms with van der Waals surface area (Å²) < 4.78 is 4.71. The molecule has 0 saturated heterocycles. The van der Waals surface area contributed by atoms with Crippen LogP contribution < -0.4 is 11.4 Å². The second-order valence-electron chi connectivity index (χ2n) is 7.86. The van der Waals surface area contributed by atoms with Crippen LogP contribution >= 0.6 is 0 Å². The van der Waals surface area contributed by atoms with Crippen molar-refractivity contribution in [2.45, 2.75) is 18.5 Å². The van der Waals surface area contributed by atoms with Crippen LogP contribution in [0.4, 0.5) is 0 Å². The molecule has 5 aliphatic carbocycles. The highest BCUT2D eigenvalue weighted by atomic mass is 16.2. The van der Waals surface area contributed by atoms with Gasteiger partial charge in [0.05, 0.1) is 12.1 Å². The Balaban J connectivity index is 1.68. The number of hydrogen-bond acceptors (Lipinski definition) is 3. The van der Waals surface area contributed by atoms with Crippen LogP contribution in [0.2, 0.25) is 0 Å². The van der Waals surface area contributed by atoms with Crippen molar-refractivity contribution in [3.8, 4) is 0 Å². The van der Waals surface area contributed by atoms with Crippen LogP contribution in [0.15, 0.2) is 21.7 Å². The van der Waals surface area contributed by atoms with Gasteiger partial charge in [-0.25, -0.2) is 23.5 Å². The largest absolute Gasteiger partial charge is 0.347 e. The van der Waals surface area contributed by atoms with Gasteiger partial charge in [0.1, 0.15) is 0 Å². The third-order valence-corrected chi connectivity index (χ3v) is 7.85. The molecule has 0 aromatic carbocycles. The number of nitrogens with zero attached hydrogens (tertiary/aromatic N) is 3. The van der Waals surface area contributed by atoms with Crippen molar-refractivity contribution in [3.05, 3.63) is 33.1 Å². The van der Waals surface area contributed by atoms with Crippen LogP contribution in [-0.2, 0) is 11.8 Å². The van der Waals surface area contributed by atoms with Crippen LogP contribution in [0.5, 0.6) is 0 Å². The second kappa shape index (κ2) is 2.21. The molecule has 1 aromatic rings. The number of hydrogen-bond donors (Lipinski definition) is 0. The average molecular weight is 283 g/mol. The Morgan fingerprint density at radius 3 is 2.48 bits per heavy atom. The van der Waals surface area contributed by atoms with Crippen LogP contribution in [0.3, 0.4) is 0 Å². The molecule has 106 valence electrons. The van der Waals surface area contributed by atoms with E-state index in [1.54, 1.807) is 22.5 Å². The van der Waals surface area contributed by atoms with Gasteiger partial charge in [0.25, 0.3) is 0 Å².